The highest BCUT2D eigenvalue weighted by Crippen LogP contribution is 2.28. The summed E-state index contributed by atoms with van der Waals surface area (Å²) in [4.78, 5) is 25.6. The number of hydrogen-bond acceptors (Lipinski definition) is 6. The van der Waals surface area contributed by atoms with E-state index in [2.05, 4.69) is 10.5 Å². The van der Waals surface area contributed by atoms with Gasteiger partial charge in [0, 0.05) is 26.7 Å². The van der Waals surface area contributed by atoms with Crippen LogP contribution in [0, 0.1) is 0 Å². The summed E-state index contributed by atoms with van der Waals surface area (Å²) in [5.41, 5.74) is 4.61. The highest BCUT2D eigenvalue weighted by Gasteiger charge is 2.14. The van der Waals surface area contributed by atoms with Crippen LogP contribution in [0.5, 0.6) is 17.2 Å². The molecule has 0 unspecified atom stereocenters. The Kier molecular flexibility index (Phi) is 9.02. The van der Waals surface area contributed by atoms with Crippen LogP contribution in [0.3, 0.4) is 0 Å². The molecule has 42 heavy (non-hydrogen) atoms. The van der Waals surface area contributed by atoms with E-state index in [1.165, 1.54) is 6.21 Å². The molecule has 0 radical (unpaired) electrons. The SMILES string of the molecule is COc1ccc(C(=O)Oc2ccc3ccccc3c2/C=N\NC(=O)c2ccc(OCc3ccc(Cl)cc3Cl)cc2)cc1. The van der Waals surface area contributed by atoms with Gasteiger partial charge in [-0.3, -0.25) is 4.79 Å². The second-order valence-electron chi connectivity index (χ2n) is 9.06. The molecule has 7 nitrogen and oxygen atoms in total. The van der Waals surface area contributed by atoms with E-state index in [4.69, 9.17) is 37.4 Å². The Morgan fingerprint density at radius 1 is 0.833 bits per heavy atom. The molecule has 1 N–H and O–H groups in total. The molecular weight excluding hydrogens is 575 g/mol. The number of ether oxygens (including phenoxy) is 3. The fourth-order valence-electron chi connectivity index (χ4n) is 4.11. The minimum atomic E-state index is -0.535. The van der Waals surface area contributed by atoms with E-state index in [1.54, 1.807) is 79.9 Å². The quantitative estimate of drug-likeness (QED) is 0.0812. The van der Waals surface area contributed by atoms with Crippen molar-refractivity contribution in [1.82, 2.24) is 5.43 Å². The number of hydrogen-bond donors (Lipinski definition) is 1. The molecule has 5 aromatic carbocycles. The number of methoxy groups -OCH3 is 1. The first-order valence-electron chi connectivity index (χ1n) is 12.8. The van der Waals surface area contributed by atoms with Crippen LogP contribution in [-0.4, -0.2) is 25.2 Å². The topological polar surface area (TPSA) is 86.2 Å². The zero-order valence-corrected chi connectivity index (χ0v) is 23.9. The second-order valence-corrected chi connectivity index (χ2v) is 9.91. The lowest BCUT2D eigenvalue weighted by molar-refractivity contribution is 0.0734. The summed E-state index contributed by atoms with van der Waals surface area (Å²) in [7, 11) is 1.55. The van der Waals surface area contributed by atoms with Gasteiger partial charge in [0.2, 0.25) is 0 Å². The van der Waals surface area contributed by atoms with Crippen LogP contribution in [0.4, 0.5) is 0 Å². The average Bonchev–Trinajstić information content (AvgIpc) is 3.01. The molecule has 9 heteroatoms. The third-order valence-electron chi connectivity index (χ3n) is 6.34. The summed E-state index contributed by atoms with van der Waals surface area (Å²) < 4.78 is 16.7. The maximum atomic E-state index is 12.9. The summed E-state index contributed by atoms with van der Waals surface area (Å²) in [5.74, 6) is 0.545. The molecule has 0 aliphatic carbocycles. The fraction of sp³-hybridized carbons (Fsp3) is 0.0606. The van der Waals surface area contributed by atoms with Crippen molar-refractivity contribution in [2.75, 3.05) is 7.11 Å². The summed E-state index contributed by atoms with van der Waals surface area (Å²) in [6.45, 7) is 0.252. The van der Waals surface area contributed by atoms with Gasteiger partial charge in [0.1, 0.15) is 23.9 Å². The van der Waals surface area contributed by atoms with Crippen LogP contribution in [0.15, 0.2) is 108 Å². The number of carbonyl (C=O) groups is 2. The molecule has 0 bridgehead atoms. The van der Waals surface area contributed by atoms with Crippen molar-refractivity contribution in [3.63, 3.8) is 0 Å². The Hall–Kier alpha value is -4.85. The van der Waals surface area contributed by atoms with Gasteiger partial charge in [-0.1, -0.05) is 59.6 Å². The third-order valence-corrected chi connectivity index (χ3v) is 6.93. The molecule has 0 aliphatic rings. The molecule has 5 rings (SSSR count). The van der Waals surface area contributed by atoms with Gasteiger partial charge in [0.05, 0.1) is 18.9 Å². The van der Waals surface area contributed by atoms with Gasteiger partial charge < -0.3 is 14.2 Å². The van der Waals surface area contributed by atoms with Crippen LogP contribution in [0.2, 0.25) is 10.0 Å². The zero-order valence-electron chi connectivity index (χ0n) is 22.3. The van der Waals surface area contributed by atoms with E-state index in [-0.39, 0.29) is 6.61 Å². The maximum Gasteiger partial charge on any atom is 0.343 e. The van der Waals surface area contributed by atoms with Crippen molar-refractivity contribution >= 4 is 52.1 Å². The average molecular weight is 599 g/mol. The molecule has 0 heterocycles. The van der Waals surface area contributed by atoms with Crippen molar-refractivity contribution < 1.29 is 23.8 Å². The lowest BCUT2D eigenvalue weighted by Crippen LogP contribution is -2.17. The van der Waals surface area contributed by atoms with E-state index in [9.17, 15) is 9.59 Å². The van der Waals surface area contributed by atoms with Gasteiger partial charge in [-0.25, -0.2) is 10.2 Å². The number of rotatable bonds is 9. The van der Waals surface area contributed by atoms with Gasteiger partial charge in [0.15, 0.2) is 0 Å². The predicted octanol–water partition coefficient (Wildman–Crippen LogP) is 7.72. The smallest absolute Gasteiger partial charge is 0.343 e. The van der Waals surface area contributed by atoms with Gasteiger partial charge in [-0.15, -0.1) is 0 Å². The van der Waals surface area contributed by atoms with E-state index in [0.717, 1.165) is 16.3 Å². The second kappa shape index (κ2) is 13.2. The van der Waals surface area contributed by atoms with Crippen molar-refractivity contribution in [3.8, 4) is 17.2 Å². The monoisotopic (exact) mass is 598 g/mol. The van der Waals surface area contributed by atoms with Crippen LogP contribution >= 0.6 is 23.2 Å². The lowest BCUT2D eigenvalue weighted by Gasteiger charge is -2.11. The first kappa shape index (κ1) is 28.7. The van der Waals surface area contributed by atoms with E-state index < -0.39 is 11.9 Å². The predicted molar refractivity (Wildman–Crippen MR) is 164 cm³/mol. The van der Waals surface area contributed by atoms with Gasteiger partial charge in [-0.05, 0) is 77.5 Å². The van der Waals surface area contributed by atoms with Crippen LogP contribution < -0.4 is 19.6 Å². The number of nitrogens with one attached hydrogen (secondary N) is 1. The Morgan fingerprint density at radius 2 is 1.55 bits per heavy atom. The normalized spacial score (nSPS) is 10.9. The first-order chi connectivity index (χ1) is 20.4. The van der Waals surface area contributed by atoms with Crippen LogP contribution in [0.1, 0.15) is 31.8 Å². The molecule has 0 aliphatic heterocycles. The van der Waals surface area contributed by atoms with E-state index in [0.29, 0.717) is 44.0 Å². The minimum absolute atomic E-state index is 0.252. The first-order valence-corrected chi connectivity index (χ1v) is 13.5. The number of hydrazone groups is 1. The number of fused-ring (bicyclic) bond motifs is 1. The Labute approximate surface area is 252 Å². The summed E-state index contributed by atoms with van der Waals surface area (Å²) >= 11 is 12.1. The molecule has 0 aromatic heterocycles. The molecule has 5 aromatic rings. The number of nitrogens with zero attached hydrogens (tertiary/aromatic N) is 1. The Morgan fingerprint density at radius 3 is 2.29 bits per heavy atom. The standard InChI is InChI=1S/C33H24Cl2N2O5/c1-40-26-13-9-23(10-14-26)33(39)42-31-17-11-21-4-2-3-5-28(21)29(31)19-36-37-32(38)22-7-15-27(16-8-22)41-20-24-6-12-25(34)18-30(24)35/h2-19H,20H2,1H3,(H,37,38)/b36-19-. The van der Waals surface area contributed by atoms with Crippen molar-refractivity contribution in [2.24, 2.45) is 5.10 Å². The number of carbonyl (C=O) groups excluding carboxylic acids is 2. The zero-order chi connectivity index (χ0) is 29.5. The van der Waals surface area contributed by atoms with E-state index >= 15 is 0 Å². The van der Waals surface area contributed by atoms with Crippen LogP contribution in [-0.2, 0) is 6.61 Å². The molecule has 0 atom stereocenters. The maximum absolute atomic E-state index is 12.9. The minimum Gasteiger partial charge on any atom is -0.497 e. The summed E-state index contributed by atoms with van der Waals surface area (Å²) in [5, 5.41) is 6.95. The van der Waals surface area contributed by atoms with Crippen LogP contribution in [0.25, 0.3) is 10.8 Å². The number of halogens is 2. The number of esters is 1. The molecule has 0 saturated heterocycles. The molecule has 0 saturated carbocycles. The lowest BCUT2D eigenvalue weighted by atomic mass is 10.0. The molecule has 1 amide bonds. The van der Waals surface area contributed by atoms with Gasteiger partial charge >= 0.3 is 5.97 Å². The highest BCUT2D eigenvalue weighted by atomic mass is 35.5. The van der Waals surface area contributed by atoms with Gasteiger partial charge in [0.25, 0.3) is 5.91 Å². The fourth-order valence-corrected chi connectivity index (χ4v) is 4.57. The molecule has 0 fully saturated rings. The van der Waals surface area contributed by atoms with E-state index in [1.807, 2.05) is 30.3 Å². The summed E-state index contributed by atoms with van der Waals surface area (Å²) in [6, 6.07) is 29.6. The number of benzene rings is 5. The van der Waals surface area contributed by atoms with Crippen molar-refractivity contribution in [3.05, 3.63) is 135 Å². The van der Waals surface area contributed by atoms with Crippen molar-refractivity contribution in [2.45, 2.75) is 6.61 Å². The molecular formula is C33H24Cl2N2O5. The van der Waals surface area contributed by atoms with Crippen molar-refractivity contribution in [1.29, 1.82) is 0 Å². The Bertz CT molecular complexity index is 1770. The number of amides is 1. The molecule has 0 spiro atoms. The third kappa shape index (κ3) is 6.89. The summed E-state index contributed by atoms with van der Waals surface area (Å²) in [6.07, 6.45) is 1.46. The highest BCUT2D eigenvalue weighted by molar-refractivity contribution is 6.35. The molecule has 210 valence electrons. The van der Waals surface area contributed by atoms with Gasteiger partial charge in [-0.2, -0.15) is 5.10 Å². The Balaban J connectivity index is 1.27. The largest absolute Gasteiger partial charge is 0.497 e.